The van der Waals surface area contributed by atoms with E-state index >= 15 is 0 Å². The Morgan fingerprint density at radius 3 is 1.18 bits per heavy atom. The summed E-state index contributed by atoms with van der Waals surface area (Å²) in [5.41, 5.74) is -1.01. The predicted octanol–water partition coefficient (Wildman–Crippen LogP) is 13.4. The molecule has 0 fully saturated rings. The van der Waals surface area contributed by atoms with Crippen molar-refractivity contribution in [3.63, 3.8) is 0 Å². The van der Waals surface area contributed by atoms with Crippen molar-refractivity contribution in [1.29, 1.82) is 31.3 Å². The van der Waals surface area contributed by atoms with Crippen LogP contribution in [0.4, 0.5) is 17.4 Å². The van der Waals surface area contributed by atoms with Gasteiger partial charge in [0.15, 0.2) is 28.1 Å². The Morgan fingerprint density at radius 1 is 0.533 bits per heavy atom. The monoisotopic (exact) mass is 859 g/mol. The zero-order valence-corrected chi connectivity index (χ0v) is 30.9. The van der Waals surface area contributed by atoms with Crippen LogP contribution in [-0.4, -0.2) is 28.3 Å². The summed E-state index contributed by atoms with van der Waals surface area (Å²) in [6.45, 7) is 3.53. The SMILES string of the molecule is CP=N.CP=N.N#Cc1nc(Cl)c(Cl)c(Cl)c1Cl.N#Cc1nc(F)c(Cl)c(Cl)c1Cl.N#Cc1nc(F)c(Cl)c(Cl)c1F.N=PF. The Labute approximate surface area is 303 Å². The van der Waals surface area contributed by atoms with Crippen molar-refractivity contribution in [3.05, 3.63) is 80.1 Å². The zero-order valence-electron chi connectivity index (χ0n) is 21.4. The summed E-state index contributed by atoms with van der Waals surface area (Å²) in [5, 5.41) is 41.2. The second-order valence-corrected chi connectivity index (χ2v) is 10.4. The van der Waals surface area contributed by atoms with Gasteiger partial charge in [0.05, 0.1) is 25.1 Å². The van der Waals surface area contributed by atoms with Gasteiger partial charge in [-0.3, -0.25) is 15.5 Å². The lowest BCUT2D eigenvalue weighted by atomic mass is 10.3. The highest BCUT2D eigenvalue weighted by Gasteiger charge is 2.17. The number of nitrogens with one attached hydrogen (secondary N) is 3. The summed E-state index contributed by atoms with van der Waals surface area (Å²) in [5.74, 6) is -3.26. The van der Waals surface area contributed by atoms with E-state index in [2.05, 4.69) is 15.0 Å². The van der Waals surface area contributed by atoms with Gasteiger partial charge in [-0.25, -0.2) is 19.3 Å². The van der Waals surface area contributed by atoms with Gasteiger partial charge in [0.25, 0.3) is 0 Å². The highest BCUT2D eigenvalue weighted by atomic mass is 35.5. The molecule has 0 aliphatic carbocycles. The smallest absolute Gasteiger partial charge is 0.234 e. The molecule has 9 nitrogen and oxygen atoms in total. The molecule has 0 saturated carbocycles. The second kappa shape index (κ2) is 26.6. The number of hydrogen-bond donors (Lipinski definition) is 3. The van der Waals surface area contributed by atoms with E-state index in [1.54, 1.807) is 25.5 Å². The maximum atomic E-state index is 12.8. The number of aromatic nitrogens is 3. The fraction of sp³-hybridized carbons (Fsp3) is 0.100. The van der Waals surface area contributed by atoms with E-state index in [4.69, 9.17) is 136 Å². The van der Waals surface area contributed by atoms with Crippen LogP contribution in [0.2, 0.25) is 45.3 Å². The third-order valence-electron chi connectivity index (χ3n) is 3.27. The van der Waals surface area contributed by atoms with Gasteiger partial charge < -0.3 is 0 Å². The van der Waals surface area contributed by atoms with E-state index in [9.17, 15) is 17.4 Å². The van der Waals surface area contributed by atoms with Crippen LogP contribution < -0.4 is 0 Å². The third kappa shape index (κ3) is 16.8. The Bertz CT molecular complexity index is 1450. The van der Waals surface area contributed by atoms with Gasteiger partial charge in [0.2, 0.25) is 20.6 Å². The van der Waals surface area contributed by atoms with E-state index in [1.807, 2.05) is 0 Å². The van der Waals surface area contributed by atoms with Gasteiger partial charge in [-0.2, -0.15) is 28.8 Å². The summed E-state index contributed by atoms with van der Waals surface area (Å²) in [6, 6.07) is 4.65. The van der Waals surface area contributed by atoms with E-state index in [0.717, 1.165) is 0 Å². The second-order valence-electron chi connectivity index (χ2n) is 5.95. The molecule has 3 aromatic rings. The van der Waals surface area contributed by atoms with E-state index < -0.39 is 42.1 Å². The molecule has 0 atom stereocenters. The Kier molecular flexibility index (Phi) is 28.3. The van der Waals surface area contributed by atoms with Crippen LogP contribution >= 0.6 is 130 Å². The summed E-state index contributed by atoms with van der Waals surface area (Å²) >= 11 is 49.1. The van der Waals surface area contributed by atoms with E-state index in [0.29, 0.717) is 16.7 Å². The quantitative estimate of drug-likeness (QED) is 0.115. The molecule has 0 bridgehead atoms. The number of hydrogen-bond acceptors (Lipinski definition) is 9. The van der Waals surface area contributed by atoms with Crippen molar-refractivity contribution in [2.75, 3.05) is 13.3 Å². The molecule has 3 heterocycles. The predicted molar refractivity (Wildman–Crippen MR) is 174 cm³/mol. The Hall–Kier alpha value is -1.45. The minimum Gasteiger partial charge on any atom is -0.284 e. The minimum atomic E-state index is -1.15. The van der Waals surface area contributed by atoms with Crippen LogP contribution in [0.15, 0.2) is 0 Å². The van der Waals surface area contributed by atoms with Crippen LogP contribution in [0, 0.1) is 67.2 Å². The molecule has 0 amide bonds. The molecule has 3 rings (SSSR count). The molecule has 240 valence electrons. The first-order valence-corrected chi connectivity index (χ1v) is 16.6. The number of pyridine rings is 3. The fourth-order valence-corrected chi connectivity index (χ4v) is 3.28. The molecule has 0 spiro atoms. The standard InChI is InChI=1S/C6Cl4N2.C6Cl3FN2.C6Cl2F2N2.2CH4NP.FHNP/c2*7-3-2(1-11)12-6(10)5(9)4(3)8;7-3-4(8)6(10)12-2(1-11)5(3)9;3*1-3-2/h;;;2*2H,1H3;2H. The first-order chi connectivity index (χ1) is 21.0. The summed E-state index contributed by atoms with van der Waals surface area (Å²) < 4.78 is 47.9. The lowest BCUT2D eigenvalue weighted by molar-refractivity contribution is 0.557. The van der Waals surface area contributed by atoms with Crippen molar-refractivity contribution >= 4 is 130 Å². The maximum absolute atomic E-state index is 12.8. The Balaban J connectivity index is -0.000000518. The van der Waals surface area contributed by atoms with Crippen molar-refractivity contribution in [1.82, 2.24) is 15.0 Å². The molecule has 0 radical (unpaired) electrons. The van der Waals surface area contributed by atoms with Gasteiger partial charge >= 0.3 is 0 Å². The molecular formula is C20H9Cl9F4N9P3. The average Bonchev–Trinajstić information content (AvgIpc) is 3.01. The van der Waals surface area contributed by atoms with Gasteiger partial charge in [0.1, 0.15) is 33.3 Å². The number of nitriles is 3. The molecule has 0 unspecified atom stereocenters. The summed E-state index contributed by atoms with van der Waals surface area (Å²) in [7, 11) is 0.500. The highest BCUT2D eigenvalue weighted by Crippen LogP contribution is 2.36. The zero-order chi connectivity index (χ0) is 36.0. The van der Waals surface area contributed by atoms with Gasteiger partial charge in [-0.1, -0.05) is 104 Å². The molecule has 25 heteroatoms. The summed E-state index contributed by atoms with van der Waals surface area (Å²) in [6.07, 6.45) is 0. The summed E-state index contributed by atoms with van der Waals surface area (Å²) in [4.78, 5) is 9.72. The topological polar surface area (TPSA) is 182 Å². The third-order valence-corrected chi connectivity index (χ3v) is 7.03. The molecule has 45 heavy (non-hydrogen) atoms. The number of halogens is 13. The molecule has 3 N–H and O–H groups in total. The molecular weight excluding hydrogens is 854 g/mol. The van der Waals surface area contributed by atoms with Crippen LogP contribution in [0.3, 0.4) is 0 Å². The number of rotatable bonds is 0. The molecule has 0 aliphatic rings. The van der Waals surface area contributed by atoms with Crippen molar-refractivity contribution in [2.45, 2.75) is 0 Å². The van der Waals surface area contributed by atoms with Gasteiger partial charge in [-0.05, 0) is 30.1 Å². The first-order valence-electron chi connectivity index (χ1n) is 9.76. The minimum absolute atomic E-state index is 0.0218. The molecule has 0 aromatic carbocycles. The lowest BCUT2D eigenvalue weighted by Gasteiger charge is -2.01. The maximum Gasteiger partial charge on any atom is 0.234 e. The average molecular weight is 863 g/mol. The molecule has 0 saturated heterocycles. The van der Waals surface area contributed by atoms with Crippen molar-refractivity contribution < 1.29 is 17.4 Å². The highest BCUT2D eigenvalue weighted by molar-refractivity contribution is 7.24. The van der Waals surface area contributed by atoms with Crippen LogP contribution in [0.1, 0.15) is 17.1 Å². The van der Waals surface area contributed by atoms with Crippen molar-refractivity contribution in [2.24, 2.45) is 0 Å². The van der Waals surface area contributed by atoms with Crippen LogP contribution in [-0.2, 0) is 0 Å². The molecule has 3 aromatic heterocycles. The Morgan fingerprint density at radius 2 is 0.822 bits per heavy atom. The largest absolute Gasteiger partial charge is 0.284 e. The van der Waals surface area contributed by atoms with Crippen LogP contribution in [0.25, 0.3) is 0 Å². The fourth-order valence-electron chi connectivity index (χ4n) is 1.68. The van der Waals surface area contributed by atoms with E-state index in [-0.39, 0.29) is 46.7 Å². The lowest BCUT2D eigenvalue weighted by Crippen LogP contribution is -1.95. The van der Waals surface area contributed by atoms with Gasteiger partial charge in [0, 0.05) is 0 Å². The van der Waals surface area contributed by atoms with Crippen LogP contribution in [0.5, 0.6) is 0 Å². The molecule has 0 aliphatic heterocycles. The first kappa shape index (κ1) is 48.0. The van der Waals surface area contributed by atoms with Crippen molar-refractivity contribution in [3.8, 4) is 18.2 Å². The normalized spacial score (nSPS) is 9.07. The van der Waals surface area contributed by atoms with E-state index in [1.165, 1.54) is 6.07 Å². The number of nitrogens with zero attached hydrogens (tertiary/aromatic N) is 6. The van der Waals surface area contributed by atoms with Gasteiger partial charge in [-0.15, -0.1) is 0 Å².